The van der Waals surface area contributed by atoms with Crippen molar-refractivity contribution in [1.29, 1.82) is 0 Å². The molecule has 0 unspecified atom stereocenters. The maximum atomic E-state index is 13.3. The Kier molecular flexibility index (Phi) is 4.32. The molecule has 3 rings (SSSR count). The van der Waals surface area contributed by atoms with Crippen LogP contribution in [0.3, 0.4) is 0 Å². The Morgan fingerprint density at radius 1 is 1.48 bits per heavy atom. The summed E-state index contributed by atoms with van der Waals surface area (Å²) in [5.74, 6) is -0.643. The maximum Gasteiger partial charge on any atom is 0.276 e. The average molecular weight is 338 g/mol. The van der Waals surface area contributed by atoms with E-state index in [9.17, 15) is 9.18 Å². The third kappa shape index (κ3) is 2.94. The van der Waals surface area contributed by atoms with Crippen molar-refractivity contribution in [3.8, 4) is 5.69 Å². The molecule has 0 bridgehead atoms. The zero-order chi connectivity index (χ0) is 16.6. The number of hydrogen-bond acceptors (Lipinski definition) is 4. The van der Waals surface area contributed by atoms with Gasteiger partial charge in [0.15, 0.2) is 5.69 Å². The topological polar surface area (TPSA) is 63.1 Å². The highest BCUT2D eigenvalue weighted by molar-refractivity contribution is 6.30. The third-order valence-electron chi connectivity index (χ3n) is 4.01. The van der Waals surface area contributed by atoms with E-state index in [1.54, 1.807) is 17.9 Å². The highest BCUT2D eigenvalue weighted by Gasteiger charge is 2.28. The van der Waals surface area contributed by atoms with Crippen LogP contribution in [0, 0.1) is 12.7 Å². The molecule has 122 valence electrons. The number of nitrogens with zero attached hydrogens (tertiary/aromatic N) is 4. The first-order valence-corrected chi connectivity index (χ1v) is 7.76. The molecule has 0 saturated carbocycles. The Morgan fingerprint density at radius 3 is 2.96 bits per heavy atom. The minimum absolute atomic E-state index is 0.000929. The number of hydrogen-bond donors (Lipinski definition) is 1. The van der Waals surface area contributed by atoms with Crippen molar-refractivity contribution in [2.75, 3.05) is 19.6 Å². The molecule has 1 N–H and O–H groups in total. The summed E-state index contributed by atoms with van der Waals surface area (Å²) in [5.41, 5.74) is 1.47. The van der Waals surface area contributed by atoms with Crippen molar-refractivity contribution < 1.29 is 9.18 Å². The van der Waals surface area contributed by atoms with E-state index in [0.29, 0.717) is 23.6 Å². The van der Waals surface area contributed by atoms with Crippen LogP contribution in [0.1, 0.15) is 23.1 Å². The van der Waals surface area contributed by atoms with Crippen molar-refractivity contribution in [3.05, 3.63) is 40.4 Å². The van der Waals surface area contributed by atoms with Crippen LogP contribution in [-0.2, 0) is 0 Å². The molecule has 0 spiro atoms. The molecule has 1 amide bonds. The molecule has 1 atom stereocenters. The quantitative estimate of drug-likeness (QED) is 0.907. The number of aromatic nitrogens is 3. The van der Waals surface area contributed by atoms with Gasteiger partial charge in [-0.3, -0.25) is 4.79 Å². The first-order chi connectivity index (χ1) is 11.0. The third-order valence-corrected chi connectivity index (χ3v) is 4.30. The smallest absolute Gasteiger partial charge is 0.276 e. The molecule has 2 aromatic rings. The molecule has 1 fully saturated rings. The summed E-state index contributed by atoms with van der Waals surface area (Å²) in [6, 6.07) is 4.37. The number of piperazine rings is 1. The van der Waals surface area contributed by atoms with E-state index < -0.39 is 5.82 Å². The summed E-state index contributed by atoms with van der Waals surface area (Å²) in [5, 5.41) is 11.3. The molecule has 6 nitrogen and oxygen atoms in total. The molecule has 23 heavy (non-hydrogen) atoms. The van der Waals surface area contributed by atoms with Gasteiger partial charge in [-0.25, -0.2) is 9.07 Å². The summed E-state index contributed by atoms with van der Waals surface area (Å²) in [7, 11) is 0. The minimum atomic E-state index is -0.501. The van der Waals surface area contributed by atoms with Crippen LogP contribution >= 0.6 is 11.6 Å². The number of carbonyl (C=O) groups is 1. The second kappa shape index (κ2) is 6.25. The lowest BCUT2D eigenvalue weighted by molar-refractivity contribution is 0.0649. The van der Waals surface area contributed by atoms with Gasteiger partial charge in [0.25, 0.3) is 5.91 Å². The van der Waals surface area contributed by atoms with Crippen LogP contribution < -0.4 is 5.32 Å². The summed E-state index contributed by atoms with van der Waals surface area (Å²) in [6.45, 7) is 5.90. The summed E-state index contributed by atoms with van der Waals surface area (Å²) in [4.78, 5) is 14.5. The number of carbonyl (C=O) groups excluding carboxylic acids is 1. The van der Waals surface area contributed by atoms with Gasteiger partial charge in [-0.1, -0.05) is 16.8 Å². The highest BCUT2D eigenvalue weighted by atomic mass is 35.5. The van der Waals surface area contributed by atoms with Gasteiger partial charge >= 0.3 is 0 Å². The molecule has 1 aromatic carbocycles. The van der Waals surface area contributed by atoms with Crippen LogP contribution in [0.2, 0.25) is 5.02 Å². The molecular formula is C15H17ClFN5O. The Hall–Kier alpha value is -1.99. The van der Waals surface area contributed by atoms with E-state index in [0.717, 1.165) is 13.1 Å². The molecule has 8 heteroatoms. The molecule has 1 aliphatic heterocycles. The maximum absolute atomic E-state index is 13.3. The first-order valence-electron chi connectivity index (χ1n) is 7.38. The van der Waals surface area contributed by atoms with E-state index in [1.807, 2.05) is 6.92 Å². The van der Waals surface area contributed by atoms with E-state index in [2.05, 4.69) is 15.6 Å². The van der Waals surface area contributed by atoms with Crippen molar-refractivity contribution in [2.45, 2.75) is 19.9 Å². The van der Waals surface area contributed by atoms with Crippen LogP contribution in [0.15, 0.2) is 18.2 Å². The zero-order valence-corrected chi connectivity index (χ0v) is 13.6. The van der Waals surface area contributed by atoms with Gasteiger partial charge in [0.05, 0.1) is 16.4 Å². The number of rotatable bonds is 2. The van der Waals surface area contributed by atoms with Crippen molar-refractivity contribution in [2.24, 2.45) is 0 Å². The Bertz CT molecular complexity index is 747. The van der Waals surface area contributed by atoms with Crippen LogP contribution in [0.4, 0.5) is 4.39 Å². The zero-order valence-electron chi connectivity index (χ0n) is 12.9. The van der Waals surface area contributed by atoms with Crippen LogP contribution in [0.5, 0.6) is 0 Å². The van der Waals surface area contributed by atoms with Crippen LogP contribution in [0.25, 0.3) is 5.69 Å². The Labute approximate surface area is 138 Å². The Balaban J connectivity index is 1.92. The summed E-state index contributed by atoms with van der Waals surface area (Å²) in [6.07, 6.45) is 0. The van der Waals surface area contributed by atoms with Crippen molar-refractivity contribution >= 4 is 17.5 Å². The van der Waals surface area contributed by atoms with E-state index in [4.69, 9.17) is 11.6 Å². The molecular weight excluding hydrogens is 321 g/mol. The fourth-order valence-electron chi connectivity index (χ4n) is 2.67. The molecule has 1 aromatic heterocycles. The van der Waals surface area contributed by atoms with Gasteiger partial charge in [-0.15, -0.1) is 5.10 Å². The van der Waals surface area contributed by atoms with E-state index >= 15 is 0 Å². The highest BCUT2D eigenvalue weighted by Crippen LogP contribution is 2.21. The second-order valence-corrected chi connectivity index (χ2v) is 5.99. The lowest BCUT2D eigenvalue weighted by Gasteiger charge is -2.33. The van der Waals surface area contributed by atoms with E-state index in [1.165, 1.54) is 16.8 Å². The average Bonchev–Trinajstić information content (AvgIpc) is 2.91. The second-order valence-electron chi connectivity index (χ2n) is 5.59. The normalized spacial score (nSPS) is 18.3. The molecule has 0 aliphatic carbocycles. The fraction of sp³-hybridized carbons (Fsp3) is 0.400. The predicted octanol–water partition coefficient (Wildman–Crippen LogP) is 1.80. The Morgan fingerprint density at radius 2 is 2.26 bits per heavy atom. The monoisotopic (exact) mass is 337 g/mol. The predicted molar refractivity (Wildman–Crippen MR) is 84.4 cm³/mol. The fourth-order valence-corrected chi connectivity index (χ4v) is 2.84. The molecule has 0 radical (unpaired) electrons. The van der Waals surface area contributed by atoms with Gasteiger partial charge in [-0.05, 0) is 32.0 Å². The first kappa shape index (κ1) is 15.9. The van der Waals surface area contributed by atoms with Gasteiger partial charge in [0.2, 0.25) is 0 Å². The summed E-state index contributed by atoms with van der Waals surface area (Å²) < 4.78 is 14.8. The number of nitrogens with one attached hydrogen (secondary N) is 1. The molecule has 1 saturated heterocycles. The van der Waals surface area contributed by atoms with Gasteiger partial charge in [-0.2, -0.15) is 0 Å². The number of benzene rings is 1. The van der Waals surface area contributed by atoms with Gasteiger partial charge < -0.3 is 10.2 Å². The minimum Gasteiger partial charge on any atom is -0.332 e. The van der Waals surface area contributed by atoms with Crippen molar-refractivity contribution in [3.63, 3.8) is 0 Å². The largest absolute Gasteiger partial charge is 0.332 e. The van der Waals surface area contributed by atoms with Crippen LogP contribution in [-0.4, -0.2) is 51.5 Å². The number of amides is 1. The van der Waals surface area contributed by atoms with Gasteiger partial charge in [0.1, 0.15) is 5.82 Å². The lowest BCUT2D eigenvalue weighted by atomic mass is 10.2. The van der Waals surface area contributed by atoms with E-state index in [-0.39, 0.29) is 17.0 Å². The molecule has 2 heterocycles. The molecule has 1 aliphatic rings. The standard InChI is InChI=1S/C15H17ClFN5O/c1-9-8-18-5-6-21(9)15(23)14-10(2)22(20-19-14)11-3-4-13(17)12(16)7-11/h3-4,7,9,18H,5-6,8H2,1-2H3/t9-/m1/s1. The SMILES string of the molecule is Cc1c(C(=O)N2CCNC[C@H]2C)nnn1-c1ccc(F)c(Cl)c1. The lowest BCUT2D eigenvalue weighted by Crippen LogP contribution is -2.52. The number of halogens is 2. The van der Waals surface area contributed by atoms with Gasteiger partial charge in [0, 0.05) is 25.7 Å². The van der Waals surface area contributed by atoms with Crippen molar-refractivity contribution in [1.82, 2.24) is 25.2 Å². The summed E-state index contributed by atoms with van der Waals surface area (Å²) >= 11 is 5.81.